The summed E-state index contributed by atoms with van der Waals surface area (Å²) >= 11 is 3.16. The van der Waals surface area contributed by atoms with Crippen molar-refractivity contribution >= 4 is 27.7 Å². The molecule has 0 fully saturated rings. The fourth-order valence-electron chi connectivity index (χ4n) is 0.734. The molecule has 0 aliphatic heterocycles. The summed E-state index contributed by atoms with van der Waals surface area (Å²) in [5.74, 6) is -0.933. The van der Waals surface area contributed by atoms with E-state index >= 15 is 0 Å². The van der Waals surface area contributed by atoms with Crippen LogP contribution in [0.4, 0.5) is 10.2 Å². The molecule has 0 spiro atoms. The summed E-state index contributed by atoms with van der Waals surface area (Å²) in [7, 11) is 0. The zero-order valence-electron chi connectivity index (χ0n) is 7.84. The molecule has 0 saturated carbocycles. The molecule has 76 valence electrons. The van der Waals surface area contributed by atoms with E-state index in [1.807, 2.05) is 0 Å². The number of nitrogens with one attached hydrogen (secondary N) is 1. The summed E-state index contributed by atoms with van der Waals surface area (Å²) < 4.78 is 12.3. The average Bonchev–Trinajstić information content (AvgIpc) is 2.07. The number of carbonyl (C=O) groups is 1. The standard InChI is InChI=1S/C9H10BrFN2O/c1-9(2,10)8(14)13-7-6(11)4-3-5-12-7/h3-5H,1-2H3,(H,12,13,14). The van der Waals surface area contributed by atoms with Crippen molar-refractivity contribution in [2.45, 2.75) is 18.2 Å². The maximum atomic E-state index is 13.0. The van der Waals surface area contributed by atoms with Gasteiger partial charge in [0.15, 0.2) is 11.6 Å². The molecule has 14 heavy (non-hydrogen) atoms. The van der Waals surface area contributed by atoms with E-state index in [4.69, 9.17) is 0 Å². The van der Waals surface area contributed by atoms with E-state index < -0.39 is 10.1 Å². The van der Waals surface area contributed by atoms with Crippen molar-refractivity contribution in [1.29, 1.82) is 0 Å². The minimum absolute atomic E-state index is 0.0509. The van der Waals surface area contributed by atoms with E-state index in [0.29, 0.717) is 0 Å². The minimum Gasteiger partial charge on any atom is -0.307 e. The second-order valence-corrected chi connectivity index (χ2v) is 5.24. The number of hydrogen-bond acceptors (Lipinski definition) is 2. The van der Waals surface area contributed by atoms with E-state index in [1.54, 1.807) is 13.8 Å². The highest BCUT2D eigenvalue weighted by molar-refractivity contribution is 9.10. The summed E-state index contributed by atoms with van der Waals surface area (Å²) in [5, 5.41) is 2.38. The lowest BCUT2D eigenvalue weighted by Gasteiger charge is -2.15. The normalized spacial score (nSPS) is 11.1. The Morgan fingerprint density at radius 3 is 2.79 bits per heavy atom. The van der Waals surface area contributed by atoms with Gasteiger partial charge in [-0.2, -0.15) is 0 Å². The van der Waals surface area contributed by atoms with Gasteiger partial charge >= 0.3 is 0 Å². The predicted octanol–water partition coefficient (Wildman–Crippen LogP) is 2.33. The Bertz CT molecular complexity index is 349. The zero-order valence-corrected chi connectivity index (χ0v) is 9.43. The van der Waals surface area contributed by atoms with E-state index in [9.17, 15) is 9.18 Å². The van der Waals surface area contributed by atoms with Gasteiger partial charge in [-0.3, -0.25) is 4.79 Å². The molecule has 1 heterocycles. The van der Waals surface area contributed by atoms with Gasteiger partial charge in [-0.1, -0.05) is 15.9 Å². The molecule has 1 amide bonds. The van der Waals surface area contributed by atoms with Crippen LogP contribution in [-0.4, -0.2) is 15.2 Å². The number of pyridine rings is 1. The third-order valence-electron chi connectivity index (χ3n) is 1.53. The van der Waals surface area contributed by atoms with Gasteiger partial charge in [-0.05, 0) is 26.0 Å². The SMILES string of the molecule is CC(C)(Br)C(=O)Nc1ncccc1F. The fraction of sp³-hybridized carbons (Fsp3) is 0.333. The molecular formula is C9H10BrFN2O. The van der Waals surface area contributed by atoms with Crippen LogP contribution in [0.3, 0.4) is 0 Å². The quantitative estimate of drug-likeness (QED) is 0.830. The summed E-state index contributed by atoms with van der Waals surface area (Å²) in [6, 6.07) is 2.70. The highest BCUT2D eigenvalue weighted by atomic mass is 79.9. The summed E-state index contributed by atoms with van der Waals surface area (Å²) in [6.07, 6.45) is 1.42. The monoisotopic (exact) mass is 260 g/mol. The van der Waals surface area contributed by atoms with Crippen LogP contribution in [0.1, 0.15) is 13.8 Å². The first-order valence-electron chi connectivity index (χ1n) is 4.02. The topological polar surface area (TPSA) is 42.0 Å². The van der Waals surface area contributed by atoms with E-state index in [-0.39, 0.29) is 11.7 Å². The molecule has 0 aromatic carbocycles. The molecule has 1 N–H and O–H groups in total. The van der Waals surface area contributed by atoms with Gasteiger partial charge in [0.2, 0.25) is 5.91 Å². The van der Waals surface area contributed by atoms with Gasteiger partial charge in [0.25, 0.3) is 0 Å². The maximum absolute atomic E-state index is 13.0. The second kappa shape index (κ2) is 4.04. The molecule has 0 atom stereocenters. The molecule has 5 heteroatoms. The van der Waals surface area contributed by atoms with Gasteiger partial charge in [0, 0.05) is 6.20 Å². The van der Waals surface area contributed by atoms with Crippen LogP contribution in [0, 0.1) is 5.82 Å². The molecule has 3 nitrogen and oxygen atoms in total. The maximum Gasteiger partial charge on any atom is 0.241 e. The number of nitrogens with zero attached hydrogens (tertiary/aromatic N) is 1. The van der Waals surface area contributed by atoms with Crippen LogP contribution in [0.15, 0.2) is 18.3 Å². The molecular weight excluding hydrogens is 251 g/mol. The Hall–Kier alpha value is -0.970. The number of anilines is 1. The number of rotatable bonds is 2. The number of aromatic nitrogens is 1. The van der Waals surface area contributed by atoms with Crippen molar-refractivity contribution in [1.82, 2.24) is 4.98 Å². The Morgan fingerprint density at radius 1 is 1.64 bits per heavy atom. The van der Waals surface area contributed by atoms with Crippen molar-refractivity contribution in [3.05, 3.63) is 24.1 Å². The zero-order chi connectivity index (χ0) is 10.8. The highest BCUT2D eigenvalue weighted by Gasteiger charge is 2.24. The molecule has 0 radical (unpaired) electrons. The Balaban J connectivity index is 2.80. The third-order valence-corrected chi connectivity index (χ3v) is 1.89. The first kappa shape index (κ1) is 11.1. The van der Waals surface area contributed by atoms with Crippen molar-refractivity contribution in [3.8, 4) is 0 Å². The summed E-state index contributed by atoms with van der Waals surface area (Å²) in [6.45, 7) is 3.34. The lowest BCUT2D eigenvalue weighted by molar-refractivity contribution is -0.117. The van der Waals surface area contributed by atoms with Crippen LogP contribution >= 0.6 is 15.9 Å². The summed E-state index contributed by atoms with van der Waals surface area (Å²) in [4.78, 5) is 15.1. The van der Waals surface area contributed by atoms with Gasteiger partial charge in [-0.15, -0.1) is 0 Å². The van der Waals surface area contributed by atoms with Gasteiger partial charge in [-0.25, -0.2) is 9.37 Å². The van der Waals surface area contributed by atoms with Crippen molar-refractivity contribution < 1.29 is 9.18 Å². The van der Waals surface area contributed by atoms with Crippen LogP contribution in [0.25, 0.3) is 0 Å². The lowest BCUT2D eigenvalue weighted by Crippen LogP contribution is -2.31. The molecule has 1 aromatic rings. The molecule has 0 aliphatic rings. The second-order valence-electron chi connectivity index (χ2n) is 3.26. The van der Waals surface area contributed by atoms with Crippen LogP contribution in [0.5, 0.6) is 0 Å². The number of halogens is 2. The summed E-state index contributed by atoms with van der Waals surface area (Å²) in [5.41, 5.74) is 0. The number of hydrogen-bond donors (Lipinski definition) is 1. The van der Waals surface area contributed by atoms with Gasteiger partial charge < -0.3 is 5.32 Å². The fourth-order valence-corrected chi connectivity index (χ4v) is 0.833. The molecule has 1 aromatic heterocycles. The minimum atomic E-state index is -0.739. The Morgan fingerprint density at radius 2 is 2.29 bits per heavy atom. The number of alkyl halides is 1. The average molecular weight is 261 g/mol. The first-order valence-corrected chi connectivity index (χ1v) is 4.81. The van der Waals surface area contributed by atoms with E-state index in [0.717, 1.165) is 0 Å². The van der Waals surface area contributed by atoms with E-state index in [1.165, 1.54) is 18.3 Å². The molecule has 0 unspecified atom stereocenters. The predicted molar refractivity (Wildman–Crippen MR) is 55.8 cm³/mol. The lowest BCUT2D eigenvalue weighted by atomic mass is 10.2. The first-order chi connectivity index (χ1) is 6.41. The van der Waals surface area contributed by atoms with Crippen molar-refractivity contribution in [3.63, 3.8) is 0 Å². The molecule has 0 aliphatic carbocycles. The molecule has 1 rings (SSSR count). The van der Waals surface area contributed by atoms with Gasteiger partial charge in [0.1, 0.15) is 0 Å². The highest BCUT2D eigenvalue weighted by Crippen LogP contribution is 2.18. The number of carbonyl (C=O) groups excluding carboxylic acids is 1. The van der Waals surface area contributed by atoms with E-state index in [2.05, 4.69) is 26.2 Å². The molecule has 0 bridgehead atoms. The van der Waals surface area contributed by atoms with Crippen LogP contribution in [0.2, 0.25) is 0 Å². The van der Waals surface area contributed by atoms with Crippen LogP contribution in [-0.2, 0) is 4.79 Å². The van der Waals surface area contributed by atoms with Crippen molar-refractivity contribution in [2.75, 3.05) is 5.32 Å². The van der Waals surface area contributed by atoms with Crippen LogP contribution < -0.4 is 5.32 Å². The van der Waals surface area contributed by atoms with Gasteiger partial charge in [0.05, 0.1) is 4.32 Å². The van der Waals surface area contributed by atoms with Crippen molar-refractivity contribution in [2.24, 2.45) is 0 Å². The Labute approximate surface area is 89.9 Å². The number of amides is 1. The molecule has 0 saturated heterocycles. The third kappa shape index (κ3) is 2.77. The Kier molecular flexibility index (Phi) is 3.21. The smallest absolute Gasteiger partial charge is 0.241 e. The largest absolute Gasteiger partial charge is 0.307 e.